The molecular weight excluding hydrogens is 166 g/mol. The Balaban J connectivity index is 1.87. The van der Waals surface area contributed by atoms with Crippen molar-refractivity contribution in [2.45, 2.75) is 12.8 Å². The smallest absolute Gasteiger partial charge is 0.209 e. The highest BCUT2D eigenvalue weighted by Crippen LogP contribution is 2.17. The molecule has 0 radical (unpaired) electrons. The van der Waals surface area contributed by atoms with E-state index in [0.29, 0.717) is 5.92 Å². The van der Waals surface area contributed by atoms with Crippen LogP contribution in [0.15, 0.2) is 4.99 Å². The van der Waals surface area contributed by atoms with E-state index < -0.39 is 0 Å². The second-order valence-corrected chi connectivity index (χ2v) is 3.61. The largest absolute Gasteiger partial charge is 0.372 e. The maximum atomic E-state index is 10.5. The summed E-state index contributed by atoms with van der Waals surface area (Å²) in [5, 5.41) is 3.30. The second-order valence-electron chi connectivity index (χ2n) is 3.61. The molecule has 0 unspecified atom stereocenters. The molecule has 4 nitrogen and oxygen atoms in total. The molecule has 0 aliphatic carbocycles. The van der Waals surface area contributed by atoms with Crippen LogP contribution in [0.1, 0.15) is 12.8 Å². The molecule has 0 saturated carbocycles. The first-order valence-electron chi connectivity index (χ1n) is 4.87. The number of carbonyl (C=O) groups excluding carboxylic acids is 1. The third-order valence-corrected chi connectivity index (χ3v) is 2.77. The molecule has 2 rings (SSSR count). The molecular formula is C9H15N3O. The first-order valence-corrected chi connectivity index (χ1v) is 4.87. The van der Waals surface area contributed by atoms with E-state index in [-0.39, 0.29) is 0 Å². The molecule has 13 heavy (non-hydrogen) atoms. The fraction of sp³-hybridized carbons (Fsp3) is 0.778. The van der Waals surface area contributed by atoms with Crippen LogP contribution in [0.4, 0.5) is 0 Å². The van der Waals surface area contributed by atoms with E-state index in [1.807, 2.05) is 4.90 Å². The van der Waals surface area contributed by atoms with Gasteiger partial charge in [0, 0.05) is 25.6 Å². The van der Waals surface area contributed by atoms with Gasteiger partial charge in [-0.3, -0.25) is 9.79 Å². The summed E-state index contributed by atoms with van der Waals surface area (Å²) in [6.45, 7) is 3.68. The molecule has 2 heterocycles. The third-order valence-electron chi connectivity index (χ3n) is 2.77. The summed E-state index contributed by atoms with van der Waals surface area (Å²) in [6, 6.07) is 0. The van der Waals surface area contributed by atoms with Gasteiger partial charge < -0.3 is 10.2 Å². The molecule has 0 atom stereocenters. The standard InChI is InChI=1S/C9H15N3O/c13-7-12-5-1-8(2-6-12)9-10-3-4-11-9/h7-8H,1-6H2,(H,10,11). The molecule has 1 fully saturated rings. The number of nitrogens with zero attached hydrogens (tertiary/aromatic N) is 2. The number of amidine groups is 1. The SMILES string of the molecule is O=CN1CCC(C2=NCCN2)CC1. The molecule has 0 aromatic heterocycles. The minimum Gasteiger partial charge on any atom is -0.372 e. The number of aliphatic imine (C=N–C) groups is 1. The van der Waals surface area contributed by atoms with E-state index in [4.69, 9.17) is 0 Å². The van der Waals surface area contributed by atoms with Gasteiger partial charge in [0.1, 0.15) is 0 Å². The van der Waals surface area contributed by atoms with Crippen molar-refractivity contribution in [1.82, 2.24) is 10.2 Å². The van der Waals surface area contributed by atoms with Gasteiger partial charge in [0.15, 0.2) is 0 Å². The first kappa shape index (κ1) is 8.53. The van der Waals surface area contributed by atoms with E-state index in [0.717, 1.165) is 45.4 Å². The second kappa shape index (κ2) is 3.77. The van der Waals surface area contributed by atoms with Crippen LogP contribution >= 0.6 is 0 Å². The highest BCUT2D eigenvalue weighted by molar-refractivity contribution is 5.86. The molecule has 2 aliphatic rings. The lowest BCUT2D eigenvalue weighted by Gasteiger charge is -2.29. The summed E-state index contributed by atoms with van der Waals surface area (Å²) in [5.74, 6) is 1.74. The van der Waals surface area contributed by atoms with Crippen molar-refractivity contribution in [3.05, 3.63) is 0 Å². The summed E-state index contributed by atoms with van der Waals surface area (Å²) >= 11 is 0. The van der Waals surface area contributed by atoms with Crippen LogP contribution in [0.5, 0.6) is 0 Å². The lowest BCUT2D eigenvalue weighted by Crippen LogP contribution is -2.38. The topological polar surface area (TPSA) is 44.7 Å². The normalized spacial score (nSPS) is 24.0. The molecule has 0 aromatic carbocycles. The van der Waals surface area contributed by atoms with Gasteiger partial charge in [0.25, 0.3) is 0 Å². The average molecular weight is 181 g/mol. The molecule has 1 amide bonds. The van der Waals surface area contributed by atoms with Crippen LogP contribution in [0, 0.1) is 5.92 Å². The zero-order valence-electron chi connectivity index (χ0n) is 7.70. The van der Waals surface area contributed by atoms with E-state index in [1.165, 1.54) is 5.84 Å². The zero-order valence-corrected chi connectivity index (χ0v) is 7.70. The van der Waals surface area contributed by atoms with Gasteiger partial charge in [0.05, 0.1) is 12.4 Å². The Morgan fingerprint density at radius 1 is 1.46 bits per heavy atom. The Kier molecular flexibility index (Phi) is 2.47. The van der Waals surface area contributed by atoms with Gasteiger partial charge in [-0.1, -0.05) is 0 Å². The monoisotopic (exact) mass is 181 g/mol. The van der Waals surface area contributed by atoms with Crippen molar-refractivity contribution >= 4 is 12.2 Å². The Morgan fingerprint density at radius 2 is 2.23 bits per heavy atom. The van der Waals surface area contributed by atoms with Gasteiger partial charge >= 0.3 is 0 Å². The predicted octanol–water partition coefficient (Wildman–Crippen LogP) is -0.143. The molecule has 72 valence electrons. The van der Waals surface area contributed by atoms with Crippen molar-refractivity contribution in [2.75, 3.05) is 26.2 Å². The summed E-state index contributed by atoms with van der Waals surface area (Å²) in [4.78, 5) is 16.7. The van der Waals surface area contributed by atoms with Crippen molar-refractivity contribution in [3.8, 4) is 0 Å². The number of piperidine rings is 1. The van der Waals surface area contributed by atoms with Crippen molar-refractivity contribution in [3.63, 3.8) is 0 Å². The van der Waals surface area contributed by atoms with Crippen LogP contribution in [0.3, 0.4) is 0 Å². The predicted molar refractivity (Wildman–Crippen MR) is 50.7 cm³/mol. The van der Waals surface area contributed by atoms with E-state index >= 15 is 0 Å². The quantitative estimate of drug-likeness (QED) is 0.602. The number of hydrogen-bond donors (Lipinski definition) is 1. The summed E-state index contributed by atoms with van der Waals surface area (Å²) in [7, 11) is 0. The molecule has 0 aromatic rings. The molecule has 0 bridgehead atoms. The number of likely N-dealkylation sites (tertiary alicyclic amines) is 1. The average Bonchev–Trinajstić information content (AvgIpc) is 2.71. The highest BCUT2D eigenvalue weighted by atomic mass is 16.1. The lowest BCUT2D eigenvalue weighted by atomic mass is 9.96. The van der Waals surface area contributed by atoms with Crippen LogP contribution < -0.4 is 5.32 Å². The van der Waals surface area contributed by atoms with Crippen LogP contribution in [-0.2, 0) is 4.79 Å². The van der Waals surface area contributed by atoms with Crippen LogP contribution in [0.2, 0.25) is 0 Å². The number of nitrogens with one attached hydrogen (secondary N) is 1. The Morgan fingerprint density at radius 3 is 2.77 bits per heavy atom. The van der Waals surface area contributed by atoms with Crippen LogP contribution in [-0.4, -0.2) is 43.3 Å². The highest BCUT2D eigenvalue weighted by Gasteiger charge is 2.23. The van der Waals surface area contributed by atoms with Gasteiger partial charge in [-0.2, -0.15) is 0 Å². The fourth-order valence-corrected chi connectivity index (χ4v) is 1.97. The van der Waals surface area contributed by atoms with E-state index in [9.17, 15) is 4.79 Å². The summed E-state index contributed by atoms with van der Waals surface area (Å²) in [6.07, 6.45) is 3.06. The number of hydrogen-bond acceptors (Lipinski definition) is 3. The first-order chi connectivity index (χ1) is 6.40. The number of carbonyl (C=O) groups is 1. The third kappa shape index (κ3) is 1.82. The lowest BCUT2D eigenvalue weighted by molar-refractivity contribution is -0.119. The van der Waals surface area contributed by atoms with Crippen molar-refractivity contribution < 1.29 is 4.79 Å². The molecule has 1 saturated heterocycles. The van der Waals surface area contributed by atoms with Crippen LogP contribution in [0.25, 0.3) is 0 Å². The Hall–Kier alpha value is -1.06. The Labute approximate surface area is 78.0 Å². The van der Waals surface area contributed by atoms with Crippen molar-refractivity contribution in [1.29, 1.82) is 0 Å². The van der Waals surface area contributed by atoms with Crippen molar-refractivity contribution in [2.24, 2.45) is 10.9 Å². The Bertz CT molecular complexity index is 219. The number of rotatable bonds is 2. The van der Waals surface area contributed by atoms with E-state index in [2.05, 4.69) is 10.3 Å². The zero-order chi connectivity index (χ0) is 9.10. The minimum absolute atomic E-state index is 0.568. The molecule has 0 spiro atoms. The molecule has 2 aliphatic heterocycles. The molecule has 1 N–H and O–H groups in total. The van der Waals surface area contributed by atoms with Gasteiger partial charge in [0.2, 0.25) is 6.41 Å². The fourth-order valence-electron chi connectivity index (χ4n) is 1.97. The van der Waals surface area contributed by atoms with Gasteiger partial charge in [-0.15, -0.1) is 0 Å². The number of amides is 1. The summed E-state index contributed by atoms with van der Waals surface area (Å²) < 4.78 is 0. The summed E-state index contributed by atoms with van der Waals surface area (Å²) in [5.41, 5.74) is 0. The maximum Gasteiger partial charge on any atom is 0.209 e. The minimum atomic E-state index is 0.568. The maximum absolute atomic E-state index is 10.5. The van der Waals surface area contributed by atoms with E-state index in [1.54, 1.807) is 0 Å². The van der Waals surface area contributed by atoms with Gasteiger partial charge in [-0.05, 0) is 12.8 Å². The van der Waals surface area contributed by atoms with Gasteiger partial charge in [-0.25, -0.2) is 0 Å². The molecule has 4 heteroatoms.